The van der Waals surface area contributed by atoms with Crippen molar-refractivity contribution in [1.82, 2.24) is 0 Å². The Kier molecular flexibility index (Phi) is 12.7. The number of fused-ring (bicyclic) bond motifs is 1. The highest BCUT2D eigenvalue weighted by atomic mass is 19.2. The maximum atomic E-state index is 15.4. The minimum atomic E-state index is -7.22. The van der Waals surface area contributed by atoms with Crippen LogP contribution in [0.3, 0.4) is 0 Å². The van der Waals surface area contributed by atoms with Crippen LogP contribution >= 0.6 is 0 Å². The second kappa shape index (κ2) is 17.4. The third-order valence-electron chi connectivity index (χ3n) is 10.0. The lowest BCUT2D eigenvalue weighted by atomic mass is 9.12. The Labute approximate surface area is 347 Å². The topological polar surface area (TPSA) is 41.2 Å². The van der Waals surface area contributed by atoms with Gasteiger partial charge in [0.1, 0.15) is 52.7 Å². The average molecular weight is 943 g/mol. The summed E-state index contributed by atoms with van der Waals surface area (Å²) < 4.78 is 296. The predicted molar refractivity (Wildman–Crippen MR) is 186 cm³/mol. The Bertz CT molecular complexity index is 2730. The average Bonchev–Trinajstić information content (AvgIpc) is 3.29. The maximum Gasteiger partial charge on any atom is 0.335 e. The molecule has 0 saturated heterocycles. The van der Waals surface area contributed by atoms with Gasteiger partial charge in [0.05, 0.1) is 5.56 Å². The number of carboxylic acid groups (broad SMARTS) is 1. The third-order valence-corrected chi connectivity index (χ3v) is 10.0. The molecular weight excluding hydrogens is 929 g/mol. The SMILES string of the molecule is Fc1c(F)c(F)c([B-](c2c(F)c(F)c(F)c(F)c2F)(c2c(F)c(F)c(F)c(F)c2F)c2c(F)c(F)c(F)c(F)c2F)c(F)c1F.O=C(O)c1ccc2ccc[n+](Cc3ccccc3)c2c1. The zero-order valence-electron chi connectivity index (χ0n) is 31.0. The summed E-state index contributed by atoms with van der Waals surface area (Å²) in [5, 5.41) is 10.2. The van der Waals surface area contributed by atoms with E-state index < -0.39 is 150 Å². The fourth-order valence-corrected chi connectivity index (χ4v) is 7.19. The van der Waals surface area contributed by atoms with E-state index in [-0.39, 0.29) is 0 Å². The second-order valence-corrected chi connectivity index (χ2v) is 13.5. The Hall–Kier alpha value is -7.14. The minimum Gasteiger partial charge on any atom is -0.478 e. The van der Waals surface area contributed by atoms with Crippen molar-refractivity contribution in [2.75, 3.05) is 0 Å². The zero-order valence-corrected chi connectivity index (χ0v) is 31.0. The number of nitrogens with zero attached hydrogens (tertiary/aromatic N) is 1. The molecule has 0 spiro atoms. The normalized spacial score (nSPS) is 11.6. The van der Waals surface area contributed by atoms with Gasteiger partial charge in [-0.1, -0.05) is 30.3 Å². The van der Waals surface area contributed by atoms with Gasteiger partial charge in [-0.2, -0.15) is 4.57 Å². The number of hydrogen-bond donors (Lipinski definition) is 1. The van der Waals surface area contributed by atoms with E-state index in [9.17, 15) is 57.5 Å². The summed E-state index contributed by atoms with van der Waals surface area (Å²) in [6.07, 6.45) is -5.24. The van der Waals surface area contributed by atoms with Crippen molar-refractivity contribution in [3.63, 3.8) is 0 Å². The smallest absolute Gasteiger partial charge is 0.335 e. The highest BCUT2D eigenvalue weighted by Gasteiger charge is 2.52. The summed E-state index contributed by atoms with van der Waals surface area (Å²) in [7, 11) is 0. The molecule has 1 heterocycles. The number of carboxylic acids is 1. The second-order valence-electron chi connectivity index (χ2n) is 13.5. The number of rotatable bonds is 7. The first-order valence-electron chi connectivity index (χ1n) is 17.4. The molecule has 7 aromatic rings. The Morgan fingerprint density at radius 1 is 0.400 bits per heavy atom. The van der Waals surface area contributed by atoms with Crippen LogP contribution in [-0.4, -0.2) is 17.2 Å². The van der Waals surface area contributed by atoms with Crippen LogP contribution in [0.2, 0.25) is 0 Å². The van der Waals surface area contributed by atoms with Crippen LogP contribution < -0.4 is 26.4 Å². The molecule has 338 valence electrons. The highest BCUT2D eigenvalue weighted by molar-refractivity contribution is 7.20. The fraction of sp³-hybridized carbons (Fsp3) is 0.0244. The number of halogens is 20. The van der Waals surface area contributed by atoms with Crippen molar-refractivity contribution < 1.29 is 102 Å². The van der Waals surface area contributed by atoms with E-state index in [1.165, 1.54) is 5.56 Å². The van der Waals surface area contributed by atoms with Crippen LogP contribution in [0.25, 0.3) is 10.9 Å². The van der Waals surface area contributed by atoms with Crippen molar-refractivity contribution in [2.24, 2.45) is 0 Å². The zero-order chi connectivity index (χ0) is 48.3. The van der Waals surface area contributed by atoms with Gasteiger partial charge in [0.15, 0.2) is 82.5 Å². The lowest BCUT2D eigenvalue weighted by Crippen LogP contribution is -2.81. The van der Waals surface area contributed by atoms with Crippen molar-refractivity contribution in [3.05, 3.63) is 194 Å². The molecule has 0 aliphatic heterocycles. The number of aromatic carboxylic acids is 1. The number of hydrogen-bond acceptors (Lipinski definition) is 1. The van der Waals surface area contributed by atoms with Gasteiger partial charge in [0.2, 0.25) is 5.52 Å². The van der Waals surface area contributed by atoms with Crippen molar-refractivity contribution >= 4 is 44.9 Å². The standard InChI is InChI=1S/C24BF20.C17H13NO2/c26-5-1(6(27)14(35)21(42)13(5)34)25(2-7(28)15(36)22(43)16(37)8(2)29,3-9(30)17(38)23(44)18(39)10(3)31)4-11(32)19(40)24(45)20(41)12(4)33;19-17(20)15-9-8-14-7-4-10-18(16(14)11-15)12-13-5-2-1-3-6-13/h;1-11H,12H2/q-1;/p+1. The molecule has 3 nitrogen and oxygen atoms in total. The summed E-state index contributed by atoms with van der Waals surface area (Å²) >= 11 is 0. The number of pyridine rings is 1. The highest BCUT2D eigenvalue weighted by Crippen LogP contribution is 2.31. The van der Waals surface area contributed by atoms with Crippen molar-refractivity contribution in [2.45, 2.75) is 6.54 Å². The van der Waals surface area contributed by atoms with Crippen molar-refractivity contribution in [3.8, 4) is 0 Å². The minimum absolute atomic E-state index is 0.311. The van der Waals surface area contributed by atoms with Crippen LogP contribution in [-0.2, 0) is 6.54 Å². The van der Waals surface area contributed by atoms with Crippen LogP contribution in [0, 0.1) is 116 Å². The van der Waals surface area contributed by atoms with E-state index in [1.807, 2.05) is 42.6 Å². The molecule has 1 aromatic heterocycles. The molecule has 0 bridgehead atoms. The summed E-state index contributed by atoms with van der Waals surface area (Å²) in [5.74, 6) is -72.3. The summed E-state index contributed by atoms with van der Waals surface area (Å²) in [6.45, 7) is 0.723. The van der Waals surface area contributed by atoms with E-state index in [4.69, 9.17) is 5.11 Å². The van der Waals surface area contributed by atoms with E-state index >= 15 is 35.1 Å². The predicted octanol–water partition coefficient (Wildman–Crippen LogP) is 8.72. The molecule has 0 saturated carbocycles. The Morgan fingerprint density at radius 3 is 1.02 bits per heavy atom. The molecule has 65 heavy (non-hydrogen) atoms. The lowest BCUT2D eigenvalue weighted by molar-refractivity contribution is -0.662. The van der Waals surface area contributed by atoms with Gasteiger partial charge in [-0.25, -0.2) is 92.6 Å². The molecule has 0 unspecified atom stereocenters. The maximum absolute atomic E-state index is 15.4. The van der Waals surface area contributed by atoms with Gasteiger partial charge < -0.3 is 5.11 Å². The summed E-state index contributed by atoms with van der Waals surface area (Å²) in [5.41, 5.74) is -11.9. The number of carbonyl (C=O) groups is 1. The molecule has 24 heteroatoms. The lowest BCUT2D eigenvalue weighted by Gasteiger charge is -2.44. The first-order chi connectivity index (χ1) is 30.4. The van der Waals surface area contributed by atoms with Crippen molar-refractivity contribution in [1.29, 1.82) is 0 Å². The number of benzene rings is 6. The van der Waals surface area contributed by atoms with E-state index in [2.05, 4.69) is 16.7 Å². The number of aromatic nitrogens is 1. The van der Waals surface area contributed by atoms with Gasteiger partial charge in [-0.05, 0) is 18.2 Å². The van der Waals surface area contributed by atoms with Crippen LogP contribution in [0.5, 0.6) is 0 Å². The van der Waals surface area contributed by atoms with E-state index in [1.54, 1.807) is 12.1 Å². The Balaban J connectivity index is 0.000000289. The van der Waals surface area contributed by atoms with Gasteiger partial charge in [-0.15, -0.1) is 21.9 Å². The van der Waals surface area contributed by atoms with E-state index in [0.29, 0.717) is 5.56 Å². The van der Waals surface area contributed by atoms with Gasteiger partial charge >= 0.3 is 5.97 Å². The molecule has 0 atom stereocenters. The molecule has 1 N–H and O–H groups in total. The van der Waals surface area contributed by atoms with Gasteiger partial charge in [0, 0.05) is 23.1 Å². The molecular formula is C41H14BF20NO2. The van der Waals surface area contributed by atoms with Crippen LogP contribution in [0.15, 0.2) is 66.9 Å². The molecule has 6 aromatic carbocycles. The first-order valence-corrected chi connectivity index (χ1v) is 17.4. The van der Waals surface area contributed by atoms with Crippen LogP contribution in [0.1, 0.15) is 15.9 Å². The molecule has 0 aliphatic carbocycles. The third kappa shape index (κ3) is 7.42. The first kappa shape index (κ1) is 47.3. The summed E-state index contributed by atoms with van der Waals surface area (Å²) in [6, 6.07) is 19.3. The van der Waals surface area contributed by atoms with Crippen LogP contribution in [0.4, 0.5) is 87.8 Å². The molecule has 0 radical (unpaired) electrons. The van der Waals surface area contributed by atoms with Gasteiger partial charge in [0.25, 0.3) is 0 Å². The fourth-order valence-electron chi connectivity index (χ4n) is 7.19. The largest absolute Gasteiger partial charge is 0.478 e. The molecule has 7 rings (SSSR count). The quantitative estimate of drug-likeness (QED) is 0.0572. The summed E-state index contributed by atoms with van der Waals surface area (Å²) in [4.78, 5) is 11.1. The molecule has 0 aliphatic rings. The molecule has 0 fully saturated rings. The molecule has 0 amide bonds. The van der Waals surface area contributed by atoms with E-state index in [0.717, 1.165) is 17.4 Å². The van der Waals surface area contributed by atoms with Gasteiger partial charge in [-0.3, -0.25) is 0 Å². The Morgan fingerprint density at radius 2 is 0.708 bits per heavy atom. The monoisotopic (exact) mass is 943 g/mol.